The Labute approximate surface area is 184 Å². The molecule has 0 bridgehead atoms. The molecule has 1 aliphatic heterocycles. The Kier molecular flexibility index (Phi) is 6.77. The Bertz CT molecular complexity index is 834. The van der Waals surface area contributed by atoms with E-state index in [1.165, 1.54) is 0 Å². The molecule has 4 rings (SSSR count). The first-order chi connectivity index (χ1) is 15.0. The molecule has 1 N–H and O–H groups in total. The highest BCUT2D eigenvalue weighted by molar-refractivity contribution is 5.81. The number of aliphatic hydroxyl groups is 1. The number of ether oxygens (including phenoxy) is 1. The summed E-state index contributed by atoms with van der Waals surface area (Å²) in [5.41, 5.74) is 0.0922. The molecule has 2 heterocycles. The van der Waals surface area contributed by atoms with Crippen molar-refractivity contribution >= 4 is 5.97 Å². The number of nitrogens with zero attached hydrogens (tertiary/aromatic N) is 2. The summed E-state index contributed by atoms with van der Waals surface area (Å²) in [5.74, 6) is -0.541. The molecule has 1 saturated heterocycles. The van der Waals surface area contributed by atoms with Crippen LogP contribution < -0.4 is 0 Å². The molecule has 2 aromatic rings. The molecule has 168 valence electrons. The smallest absolute Gasteiger partial charge is 0.343 e. The fourth-order valence-electron chi connectivity index (χ4n) is 5.48. The number of aromatic nitrogens is 1. The van der Waals surface area contributed by atoms with Gasteiger partial charge < -0.3 is 18.8 Å². The standard InChI is InChI=1S/C25H35N2O4/c1-27(16-7-13-22-15-18-30-26-22)17-8-14-23(19-27)31-24(28)25(29,21-11-5-6-12-21)20-9-3-2-4-10-20/h2-4,9-10,15,18,21,23,29H,5-8,11-14,16-17,19H2,1H3/q+1/t23?,25-,27?/m0/s1. The molecule has 2 unspecified atom stereocenters. The van der Waals surface area contributed by atoms with Crippen LogP contribution in [-0.4, -0.2) is 53.5 Å². The van der Waals surface area contributed by atoms with Gasteiger partial charge in [-0.05, 0) is 31.2 Å². The number of carbonyl (C=O) groups excluding carboxylic acids is 1. The Morgan fingerprint density at radius 2 is 1.97 bits per heavy atom. The Hall–Kier alpha value is -2.18. The topological polar surface area (TPSA) is 72.6 Å². The number of esters is 1. The summed E-state index contributed by atoms with van der Waals surface area (Å²) in [6, 6.07) is 11.3. The van der Waals surface area contributed by atoms with Crippen LogP contribution in [0.5, 0.6) is 0 Å². The minimum Gasteiger partial charge on any atom is -0.454 e. The summed E-state index contributed by atoms with van der Waals surface area (Å²) in [5, 5.41) is 15.7. The second-order valence-electron chi connectivity index (χ2n) is 9.63. The molecule has 2 fully saturated rings. The van der Waals surface area contributed by atoms with E-state index in [1.54, 1.807) is 6.26 Å². The number of likely N-dealkylation sites (N-methyl/N-ethyl adjacent to an activating group) is 1. The Balaban J connectivity index is 1.41. The summed E-state index contributed by atoms with van der Waals surface area (Å²) in [6.45, 7) is 2.88. The summed E-state index contributed by atoms with van der Waals surface area (Å²) in [6.07, 6.45) is 9.07. The minimum atomic E-state index is -1.55. The van der Waals surface area contributed by atoms with Gasteiger partial charge in [-0.25, -0.2) is 4.79 Å². The highest BCUT2D eigenvalue weighted by Crippen LogP contribution is 2.42. The van der Waals surface area contributed by atoms with Gasteiger partial charge in [-0.15, -0.1) is 0 Å². The van der Waals surface area contributed by atoms with Gasteiger partial charge in [0.25, 0.3) is 0 Å². The molecule has 1 aliphatic carbocycles. The van der Waals surface area contributed by atoms with Gasteiger partial charge in [0.1, 0.15) is 12.8 Å². The number of likely N-dealkylation sites (tertiary alicyclic amines) is 1. The number of piperidine rings is 1. The van der Waals surface area contributed by atoms with E-state index < -0.39 is 11.6 Å². The monoisotopic (exact) mass is 427 g/mol. The number of aryl methyl sites for hydroxylation is 1. The van der Waals surface area contributed by atoms with E-state index in [0.29, 0.717) is 5.56 Å². The summed E-state index contributed by atoms with van der Waals surface area (Å²) in [7, 11) is 2.24. The zero-order valence-corrected chi connectivity index (χ0v) is 18.5. The lowest BCUT2D eigenvalue weighted by Gasteiger charge is -2.42. The predicted octanol–water partition coefficient (Wildman–Crippen LogP) is 3.84. The van der Waals surface area contributed by atoms with Crippen molar-refractivity contribution in [3.63, 3.8) is 0 Å². The van der Waals surface area contributed by atoms with Crippen molar-refractivity contribution in [1.82, 2.24) is 5.16 Å². The van der Waals surface area contributed by atoms with Crippen LogP contribution in [0.15, 0.2) is 47.2 Å². The zero-order valence-electron chi connectivity index (χ0n) is 18.5. The third-order valence-corrected chi connectivity index (χ3v) is 7.24. The lowest BCUT2D eigenvalue weighted by atomic mass is 9.80. The maximum Gasteiger partial charge on any atom is 0.343 e. The first-order valence-electron chi connectivity index (χ1n) is 11.7. The van der Waals surface area contributed by atoms with E-state index in [2.05, 4.69) is 12.2 Å². The molecule has 0 radical (unpaired) electrons. The van der Waals surface area contributed by atoms with Crippen LogP contribution in [0.4, 0.5) is 0 Å². The highest BCUT2D eigenvalue weighted by atomic mass is 16.6. The van der Waals surface area contributed by atoms with Crippen molar-refractivity contribution in [1.29, 1.82) is 0 Å². The van der Waals surface area contributed by atoms with Crippen LogP contribution in [0.25, 0.3) is 0 Å². The van der Waals surface area contributed by atoms with Crippen LogP contribution in [0, 0.1) is 5.92 Å². The second kappa shape index (κ2) is 9.53. The van der Waals surface area contributed by atoms with Crippen molar-refractivity contribution in [2.75, 3.05) is 26.7 Å². The molecular weight excluding hydrogens is 392 g/mol. The number of hydrogen-bond donors (Lipinski definition) is 1. The van der Waals surface area contributed by atoms with Crippen LogP contribution in [-0.2, 0) is 21.6 Å². The van der Waals surface area contributed by atoms with Gasteiger partial charge in [0.15, 0.2) is 11.7 Å². The fraction of sp³-hybridized carbons (Fsp3) is 0.600. The van der Waals surface area contributed by atoms with E-state index in [4.69, 9.17) is 9.26 Å². The number of hydrogen-bond acceptors (Lipinski definition) is 5. The van der Waals surface area contributed by atoms with E-state index in [1.807, 2.05) is 36.4 Å². The quantitative estimate of drug-likeness (QED) is 0.512. The number of quaternary nitrogens is 1. The van der Waals surface area contributed by atoms with Crippen molar-refractivity contribution in [3.8, 4) is 0 Å². The van der Waals surface area contributed by atoms with Crippen molar-refractivity contribution in [2.24, 2.45) is 5.92 Å². The van der Waals surface area contributed by atoms with Crippen LogP contribution in [0.2, 0.25) is 0 Å². The molecule has 1 aromatic carbocycles. The predicted molar refractivity (Wildman–Crippen MR) is 117 cm³/mol. The lowest BCUT2D eigenvalue weighted by molar-refractivity contribution is -0.917. The fourth-order valence-corrected chi connectivity index (χ4v) is 5.48. The first-order valence-corrected chi connectivity index (χ1v) is 11.7. The third kappa shape index (κ3) is 5.01. The van der Waals surface area contributed by atoms with Gasteiger partial charge in [0, 0.05) is 24.8 Å². The van der Waals surface area contributed by atoms with Crippen molar-refractivity contribution in [3.05, 3.63) is 53.9 Å². The highest BCUT2D eigenvalue weighted by Gasteiger charge is 2.49. The van der Waals surface area contributed by atoms with Crippen molar-refractivity contribution < 1.29 is 23.6 Å². The van der Waals surface area contributed by atoms with Crippen LogP contribution >= 0.6 is 0 Å². The Morgan fingerprint density at radius 3 is 2.68 bits per heavy atom. The van der Waals surface area contributed by atoms with Gasteiger partial charge in [-0.3, -0.25) is 0 Å². The maximum atomic E-state index is 13.4. The van der Waals surface area contributed by atoms with Crippen LogP contribution in [0.1, 0.15) is 56.2 Å². The molecule has 6 nitrogen and oxygen atoms in total. The summed E-state index contributed by atoms with van der Waals surface area (Å²) < 4.78 is 11.8. The van der Waals surface area contributed by atoms with E-state index in [9.17, 15) is 9.90 Å². The van der Waals surface area contributed by atoms with Gasteiger partial charge in [0.2, 0.25) is 0 Å². The summed E-state index contributed by atoms with van der Waals surface area (Å²) in [4.78, 5) is 13.4. The normalized spacial score (nSPS) is 26.5. The average molecular weight is 428 g/mol. The number of benzene rings is 1. The van der Waals surface area contributed by atoms with E-state index >= 15 is 0 Å². The largest absolute Gasteiger partial charge is 0.454 e. The molecule has 3 atom stereocenters. The molecule has 0 amide bonds. The second-order valence-corrected chi connectivity index (χ2v) is 9.63. The third-order valence-electron chi connectivity index (χ3n) is 7.24. The van der Waals surface area contributed by atoms with Gasteiger partial charge in [-0.1, -0.05) is 48.3 Å². The van der Waals surface area contributed by atoms with Crippen LogP contribution in [0.3, 0.4) is 0 Å². The molecule has 2 aliphatic rings. The molecule has 0 spiro atoms. The Morgan fingerprint density at radius 1 is 1.19 bits per heavy atom. The average Bonchev–Trinajstić information content (AvgIpc) is 3.48. The molecular formula is C25H35N2O4+. The number of carbonyl (C=O) groups is 1. The van der Waals surface area contributed by atoms with Gasteiger partial charge >= 0.3 is 5.97 Å². The zero-order chi connectivity index (χ0) is 21.7. The SMILES string of the molecule is C[N+]1(CCCc2ccon2)CCCC(OC(=O)[C@](O)(c2ccccc2)C2CCCC2)C1. The van der Waals surface area contributed by atoms with Crippen molar-refractivity contribution in [2.45, 2.75) is 63.1 Å². The maximum absolute atomic E-state index is 13.4. The minimum absolute atomic E-state index is 0.0747. The van der Waals surface area contributed by atoms with Gasteiger partial charge in [0.05, 0.1) is 25.8 Å². The lowest BCUT2D eigenvalue weighted by Crippen LogP contribution is -2.55. The number of rotatable bonds is 8. The molecule has 1 saturated carbocycles. The first kappa shape index (κ1) is 22.0. The summed E-state index contributed by atoms with van der Waals surface area (Å²) >= 11 is 0. The van der Waals surface area contributed by atoms with E-state index in [0.717, 1.165) is 81.2 Å². The molecule has 31 heavy (non-hydrogen) atoms. The van der Waals surface area contributed by atoms with E-state index in [-0.39, 0.29) is 12.0 Å². The molecule has 1 aromatic heterocycles. The van der Waals surface area contributed by atoms with Gasteiger partial charge in [-0.2, -0.15) is 0 Å². The molecule has 6 heteroatoms.